The van der Waals surface area contributed by atoms with Gasteiger partial charge in [-0.15, -0.1) is 0 Å². The average molecular weight is 499 g/mol. The second-order valence-corrected chi connectivity index (χ2v) is 10.8. The van der Waals surface area contributed by atoms with Gasteiger partial charge in [0.1, 0.15) is 6.04 Å². The summed E-state index contributed by atoms with van der Waals surface area (Å²) >= 11 is 0. The Morgan fingerprint density at radius 3 is 2.46 bits per heavy atom. The van der Waals surface area contributed by atoms with Crippen LogP contribution >= 0.6 is 0 Å². The minimum Gasteiger partial charge on any atom is -0.339 e. The Morgan fingerprint density at radius 2 is 1.77 bits per heavy atom. The van der Waals surface area contributed by atoms with Crippen LogP contribution in [0.2, 0.25) is 0 Å². The van der Waals surface area contributed by atoms with E-state index in [-0.39, 0.29) is 28.7 Å². The fourth-order valence-electron chi connectivity index (χ4n) is 4.65. The van der Waals surface area contributed by atoms with Gasteiger partial charge in [0, 0.05) is 26.7 Å². The molecule has 1 saturated heterocycles. The second-order valence-electron chi connectivity index (χ2n) is 9.12. The van der Waals surface area contributed by atoms with E-state index in [0.717, 1.165) is 29.4 Å². The molecule has 1 amide bonds. The molecule has 0 aliphatic carbocycles. The third-order valence-corrected chi connectivity index (χ3v) is 8.18. The number of benzene rings is 2. The fourth-order valence-corrected chi connectivity index (χ4v) is 5.87. The van der Waals surface area contributed by atoms with Crippen molar-refractivity contribution in [3.63, 3.8) is 0 Å². The highest BCUT2D eigenvalue weighted by atomic mass is 32.2. The predicted molar refractivity (Wildman–Crippen MR) is 134 cm³/mol. The molecule has 1 aliphatic heterocycles. The molecule has 2 heterocycles. The lowest BCUT2D eigenvalue weighted by atomic mass is 10.0. The molecule has 2 atom stereocenters. The summed E-state index contributed by atoms with van der Waals surface area (Å²) in [4.78, 5) is 40.0. The monoisotopic (exact) mass is 498 g/mol. The molecule has 1 aliphatic rings. The Balaban J connectivity index is 1.72. The van der Waals surface area contributed by atoms with Crippen LogP contribution in [0, 0.1) is 0 Å². The number of fused-ring (bicyclic) bond motifs is 1. The van der Waals surface area contributed by atoms with E-state index in [2.05, 4.69) is 4.72 Å². The minimum atomic E-state index is -4.16. The maximum absolute atomic E-state index is 13.5. The van der Waals surface area contributed by atoms with E-state index in [1.165, 1.54) is 36.9 Å². The number of aryl methyl sites for hydroxylation is 1. The smallest absolute Gasteiger partial charge is 0.330 e. The molecule has 0 radical (unpaired) electrons. The zero-order valence-corrected chi connectivity index (χ0v) is 20.9. The predicted octanol–water partition coefficient (Wildman–Crippen LogP) is 1.53. The number of piperidine rings is 1. The van der Waals surface area contributed by atoms with Gasteiger partial charge >= 0.3 is 5.69 Å². The lowest BCUT2D eigenvalue weighted by Gasteiger charge is -2.36. The van der Waals surface area contributed by atoms with Crippen LogP contribution in [-0.2, 0) is 35.3 Å². The van der Waals surface area contributed by atoms with Crippen molar-refractivity contribution >= 4 is 26.8 Å². The first-order valence-electron chi connectivity index (χ1n) is 11.7. The summed E-state index contributed by atoms with van der Waals surface area (Å²) in [6.07, 6.45) is 3.00. The number of nitrogens with one attached hydrogen (secondary N) is 1. The normalized spacial score (nSPS) is 17.5. The Labute approximate surface area is 204 Å². The number of rotatable bonds is 6. The van der Waals surface area contributed by atoms with Gasteiger partial charge in [0.05, 0.1) is 15.8 Å². The molecule has 1 fully saturated rings. The van der Waals surface area contributed by atoms with E-state index >= 15 is 0 Å². The molecule has 0 unspecified atom stereocenters. The summed E-state index contributed by atoms with van der Waals surface area (Å²) in [5.41, 5.74) is 0.0799. The fraction of sp³-hybridized carbons (Fsp3) is 0.400. The number of carbonyl (C=O) groups excluding carboxylic acids is 1. The van der Waals surface area contributed by atoms with Crippen LogP contribution in [0.15, 0.2) is 63.0 Å². The van der Waals surface area contributed by atoms with Crippen molar-refractivity contribution in [1.29, 1.82) is 0 Å². The van der Waals surface area contributed by atoms with E-state index in [1.54, 1.807) is 4.90 Å². The molecule has 2 aromatic carbocycles. The van der Waals surface area contributed by atoms with Crippen LogP contribution in [0.25, 0.3) is 10.9 Å². The molecule has 4 rings (SSSR count). The number of sulfonamides is 1. The largest absolute Gasteiger partial charge is 0.339 e. The Kier molecular flexibility index (Phi) is 6.95. The Morgan fingerprint density at radius 1 is 1.06 bits per heavy atom. The van der Waals surface area contributed by atoms with E-state index in [4.69, 9.17) is 0 Å². The number of hydrogen-bond donors (Lipinski definition) is 1. The Hall–Kier alpha value is -3.24. The zero-order valence-electron chi connectivity index (χ0n) is 20.1. The first-order valence-corrected chi connectivity index (χ1v) is 13.1. The van der Waals surface area contributed by atoms with Crippen molar-refractivity contribution in [1.82, 2.24) is 18.8 Å². The van der Waals surface area contributed by atoms with Crippen LogP contribution in [0.5, 0.6) is 0 Å². The highest BCUT2D eigenvalue weighted by Gasteiger charge is 2.33. The minimum absolute atomic E-state index is 0.0315. The van der Waals surface area contributed by atoms with Gasteiger partial charge in [-0.2, -0.15) is 4.72 Å². The van der Waals surface area contributed by atoms with Gasteiger partial charge in [0.25, 0.3) is 5.56 Å². The third-order valence-electron chi connectivity index (χ3n) is 6.71. The molecule has 0 saturated carbocycles. The van der Waals surface area contributed by atoms with Crippen molar-refractivity contribution in [2.75, 3.05) is 6.54 Å². The summed E-state index contributed by atoms with van der Waals surface area (Å²) in [7, 11) is -1.29. The molecular formula is C25H30N4O5S. The van der Waals surface area contributed by atoms with Crippen LogP contribution in [0.3, 0.4) is 0 Å². The maximum atomic E-state index is 13.5. The van der Waals surface area contributed by atoms with E-state index in [0.29, 0.717) is 12.1 Å². The molecular weight excluding hydrogens is 468 g/mol. The number of aromatic nitrogens is 2. The SMILES string of the molecule is C[C@@H]1CCCCN1C(=O)[C@@H](Cc1ccccc1)NS(=O)(=O)c1ccc2c(c1)c(=O)n(C)c(=O)n2C. The van der Waals surface area contributed by atoms with Crippen LogP contribution < -0.4 is 16.0 Å². The number of amides is 1. The van der Waals surface area contributed by atoms with Crippen molar-refractivity contribution < 1.29 is 13.2 Å². The molecule has 1 N–H and O–H groups in total. The molecule has 10 heteroatoms. The second kappa shape index (κ2) is 9.79. The highest BCUT2D eigenvalue weighted by Crippen LogP contribution is 2.21. The molecule has 186 valence electrons. The van der Waals surface area contributed by atoms with Crippen LogP contribution in [0.1, 0.15) is 31.7 Å². The molecule has 1 aromatic heterocycles. The van der Waals surface area contributed by atoms with Crippen molar-refractivity contribution in [3.05, 3.63) is 74.9 Å². The number of carbonyl (C=O) groups is 1. The number of likely N-dealkylation sites (tertiary alicyclic amines) is 1. The van der Waals surface area contributed by atoms with Crippen molar-refractivity contribution in [2.45, 2.75) is 49.6 Å². The standard InChI is InChI=1S/C25H30N4O5S/c1-17-9-7-8-14-29(17)24(31)21(15-18-10-5-4-6-11-18)26-35(33,34)19-12-13-22-20(16-19)23(30)28(3)25(32)27(22)2/h4-6,10-13,16-17,21,26H,7-9,14-15H2,1-3H3/t17-,21-/m1/s1. The van der Waals surface area contributed by atoms with Crippen LogP contribution in [0.4, 0.5) is 0 Å². The van der Waals surface area contributed by atoms with E-state index in [1.807, 2.05) is 37.3 Å². The molecule has 0 bridgehead atoms. The maximum Gasteiger partial charge on any atom is 0.330 e. The molecule has 3 aromatic rings. The van der Waals surface area contributed by atoms with Gasteiger partial charge in [-0.1, -0.05) is 30.3 Å². The summed E-state index contributed by atoms with van der Waals surface area (Å²) in [5.74, 6) is -0.260. The van der Waals surface area contributed by atoms with Crippen molar-refractivity contribution in [2.24, 2.45) is 14.1 Å². The summed E-state index contributed by atoms with van der Waals surface area (Å²) in [5, 5.41) is 0.105. The number of nitrogens with zero attached hydrogens (tertiary/aromatic N) is 3. The van der Waals surface area contributed by atoms with E-state index in [9.17, 15) is 22.8 Å². The first kappa shape index (κ1) is 24.9. The third kappa shape index (κ3) is 4.94. The lowest BCUT2D eigenvalue weighted by Crippen LogP contribution is -2.53. The van der Waals surface area contributed by atoms with Gasteiger partial charge < -0.3 is 4.90 Å². The first-order chi connectivity index (χ1) is 16.6. The highest BCUT2D eigenvalue weighted by molar-refractivity contribution is 7.89. The van der Waals surface area contributed by atoms with Gasteiger partial charge in [-0.25, -0.2) is 13.2 Å². The Bertz CT molecular complexity index is 1480. The van der Waals surface area contributed by atoms with Gasteiger partial charge in [-0.05, 0) is 56.4 Å². The number of hydrogen-bond acceptors (Lipinski definition) is 5. The van der Waals surface area contributed by atoms with E-state index < -0.39 is 27.3 Å². The topological polar surface area (TPSA) is 110 Å². The summed E-state index contributed by atoms with van der Waals surface area (Å²) in [6.45, 7) is 2.57. The van der Waals surface area contributed by atoms with Gasteiger partial charge in [-0.3, -0.25) is 18.7 Å². The quantitative estimate of drug-likeness (QED) is 0.554. The molecule has 35 heavy (non-hydrogen) atoms. The lowest BCUT2D eigenvalue weighted by molar-refractivity contribution is -0.136. The molecule has 0 spiro atoms. The summed E-state index contributed by atoms with van der Waals surface area (Å²) < 4.78 is 31.7. The summed E-state index contributed by atoms with van der Waals surface area (Å²) in [6, 6.07) is 12.3. The zero-order chi connectivity index (χ0) is 25.3. The van der Waals surface area contributed by atoms with Crippen molar-refractivity contribution in [3.8, 4) is 0 Å². The average Bonchev–Trinajstić information content (AvgIpc) is 2.86. The van der Waals surface area contributed by atoms with Gasteiger partial charge in [0.15, 0.2) is 0 Å². The van der Waals surface area contributed by atoms with Crippen LogP contribution in [-0.4, -0.2) is 47.0 Å². The molecule has 9 nitrogen and oxygen atoms in total. The van der Waals surface area contributed by atoms with Gasteiger partial charge in [0.2, 0.25) is 15.9 Å².